The van der Waals surface area contributed by atoms with Gasteiger partial charge in [0.25, 0.3) is 0 Å². The van der Waals surface area contributed by atoms with Gasteiger partial charge >= 0.3 is 6.09 Å². The van der Waals surface area contributed by atoms with Crippen LogP contribution in [0.4, 0.5) is 4.79 Å². The molecule has 1 aliphatic rings. The largest absolute Gasteiger partial charge is 0.449 e. The van der Waals surface area contributed by atoms with E-state index < -0.39 is 0 Å². The normalized spacial score (nSPS) is 17.8. The van der Waals surface area contributed by atoms with Gasteiger partial charge < -0.3 is 15.0 Å². The summed E-state index contributed by atoms with van der Waals surface area (Å²) in [7, 11) is 0. The second-order valence-electron chi connectivity index (χ2n) is 6.20. The smallest absolute Gasteiger partial charge is 0.407 e. The maximum absolute atomic E-state index is 11.8. The highest BCUT2D eigenvalue weighted by atomic mass is 16.5. The lowest BCUT2D eigenvalue weighted by Gasteiger charge is -2.23. The fraction of sp³-hybridized carbons (Fsp3) is 0.471. The Morgan fingerprint density at radius 2 is 2.24 bits per heavy atom. The number of aromatic nitrogens is 1. The summed E-state index contributed by atoms with van der Waals surface area (Å²) in [6, 6.07) is 8.54. The third-order valence-electron chi connectivity index (χ3n) is 3.97. The number of hydrogen-bond acceptors (Lipinski definition) is 2. The number of alkyl carbamates (subject to hydrolysis) is 1. The van der Waals surface area contributed by atoms with Crippen molar-refractivity contribution in [3.8, 4) is 0 Å². The van der Waals surface area contributed by atoms with E-state index in [2.05, 4.69) is 28.5 Å². The monoisotopic (exact) mass is 286 g/mol. The zero-order valence-corrected chi connectivity index (χ0v) is 12.6. The molecule has 3 rings (SSSR count). The van der Waals surface area contributed by atoms with Gasteiger partial charge in [0.15, 0.2) is 0 Å². The van der Waals surface area contributed by atoms with Crippen LogP contribution in [0.3, 0.4) is 0 Å². The Hall–Kier alpha value is -1.97. The van der Waals surface area contributed by atoms with Crippen LogP contribution in [-0.4, -0.2) is 23.7 Å². The molecule has 21 heavy (non-hydrogen) atoms. The molecule has 1 aromatic carbocycles. The van der Waals surface area contributed by atoms with Crippen molar-refractivity contribution in [2.45, 2.75) is 39.2 Å². The summed E-state index contributed by atoms with van der Waals surface area (Å²) in [6.07, 6.45) is 2.51. The fourth-order valence-corrected chi connectivity index (χ4v) is 2.96. The van der Waals surface area contributed by atoms with Crippen molar-refractivity contribution in [2.75, 3.05) is 6.61 Å². The topological polar surface area (TPSA) is 54.1 Å². The summed E-state index contributed by atoms with van der Waals surface area (Å²) in [6.45, 7) is 4.53. The van der Waals surface area contributed by atoms with Crippen LogP contribution in [0.5, 0.6) is 0 Å². The van der Waals surface area contributed by atoms with Gasteiger partial charge in [-0.15, -0.1) is 0 Å². The summed E-state index contributed by atoms with van der Waals surface area (Å²) in [5.74, 6) is 0.363. The Bertz CT molecular complexity index is 645. The first-order valence-corrected chi connectivity index (χ1v) is 7.65. The predicted octanol–water partition coefficient (Wildman–Crippen LogP) is 3.41. The van der Waals surface area contributed by atoms with Gasteiger partial charge in [-0.25, -0.2) is 4.79 Å². The van der Waals surface area contributed by atoms with Gasteiger partial charge in [-0.2, -0.15) is 0 Å². The molecule has 0 bridgehead atoms. The van der Waals surface area contributed by atoms with Crippen molar-refractivity contribution in [3.63, 3.8) is 0 Å². The average molecular weight is 286 g/mol. The number of aromatic amines is 1. The summed E-state index contributed by atoms with van der Waals surface area (Å²) in [4.78, 5) is 15.2. The van der Waals surface area contributed by atoms with Crippen LogP contribution >= 0.6 is 0 Å². The zero-order chi connectivity index (χ0) is 14.8. The average Bonchev–Trinajstić information content (AvgIpc) is 2.82. The molecule has 0 spiro atoms. The van der Waals surface area contributed by atoms with Crippen LogP contribution in [0, 0.1) is 5.92 Å². The van der Waals surface area contributed by atoms with Crippen molar-refractivity contribution < 1.29 is 9.53 Å². The van der Waals surface area contributed by atoms with Gasteiger partial charge in [-0.3, -0.25) is 0 Å². The number of ether oxygens (including phenoxy) is 1. The summed E-state index contributed by atoms with van der Waals surface area (Å²) in [5, 5.41) is 4.29. The molecular formula is C17H22N2O2. The lowest BCUT2D eigenvalue weighted by Crippen LogP contribution is -2.39. The number of para-hydroxylation sites is 1. The highest BCUT2D eigenvalue weighted by molar-refractivity contribution is 5.85. The van der Waals surface area contributed by atoms with E-state index in [1.165, 1.54) is 22.2 Å². The number of rotatable bonds is 3. The van der Waals surface area contributed by atoms with Gasteiger partial charge in [-0.1, -0.05) is 32.0 Å². The molecular weight excluding hydrogens is 264 g/mol. The first-order chi connectivity index (χ1) is 10.1. The predicted molar refractivity (Wildman–Crippen MR) is 83.4 cm³/mol. The molecule has 1 heterocycles. The van der Waals surface area contributed by atoms with Crippen molar-refractivity contribution in [1.29, 1.82) is 0 Å². The van der Waals surface area contributed by atoms with Crippen molar-refractivity contribution in [1.82, 2.24) is 10.3 Å². The van der Waals surface area contributed by atoms with E-state index in [1.807, 2.05) is 19.9 Å². The van der Waals surface area contributed by atoms with E-state index >= 15 is 0 Å². The number of aryl methyl sites for hydroxylation is 1. The Kier molecular flexibility index (Phi) is 3.86. The summed E-state index contributed by atoms with van der Waals surface area (Å²) >= 11 is 0. The van der Waals surface area contributed by atoms with Crippen molar-refractivity contribution in [3.05, 3.63) is 35.5 Å². The molecule has 2 aromatic rings. The van der Waals surface area contributed by atoms with Gasteiger partial charge in [0.05, 0.1) is 6.61 Å². The number of carbonyl (C=O) groups excluding carboxylic acids is 1. The first kappa shape index (κ1) is 14.0. The van der Waals surface area contributed by atoms with Crippen molar-refractivity contribution >= 4 is 17.0 Å². The Balaban J connectivity index is 1.66. The molecule has 1 unspecified atom stereocenters. The Morgan fingerprint density at radius 3 is 3.05 bits per heavy atom. The molecule has 0 radical (unpaired) electrons. The van der Waals surface area contributed by atoms with Gasteiger partial charge in [-0.05, 0) is 30.4 Å². The number of amides is 1. The number of nitrogens with one attached hydrogen (secondary N) is 2. The van der Waals surface area contributed by atoms with Crippen molar-refractivity contribution in [2.24, 2.45) is 5.92 Å². The van der Waals surface area contributed by atoms with E-state index in [-0.39, 0.29) is 12.1 Å². The highest BCUT2D eigenvalue weighted by Crippen LogP contribution is 2.28. The molecule has 1 atom stereocenters. The van der Waals surface area contributed by atoms with Gasteiger partial charge in [0, 0.05) is 29.1 Å². The summed E-state index contributed by atoms with van der Waals surface area (Å²) < 4.78 is 5.19. The van der Waals surface area contributed by atoms with E-state index in [0.717, 1.165) is 19.3 Å². The molecule has 1 aromatic heterocycles. The third-order valence-corrected chi connectivity index (χ3v) is 3.97. The van der Waals surface area contributed by atoms with Crippen LogP contribution in [0.2, 0.25) is 0 Å². The SMILES string of the molecule is CC(C)COC(=O)NC1CCc2c([nH]c3ccccc23)C1. The minimum Gasteiger partial charge on any atom is -0.449 e. The molecule has 0 saturated heterocycles. The van der Waals surface area contributed by atoms with E-state index in [0.29, 0.717) is 12.5 Å². The molecule has 2 N–H and O–H groups in total. The number of H-pyrrole nitrogens is 1. The van der Waals surface area contributed by atoms with Gasteiger partial charge in [0.1, 0.15) is 0 Å². The summed E-state index contributed by atoms with van der Waals surface area (Å²) in [5.41, 5.74) is 3.83. The van der Waals surface area contributed by atoms with Gasteiger partial charge in [0.2, 0.25) is 0 Å². The molecule has 1 aliphatic carbocycles. The fourth-order valence-electron chi connectivity index (χ4n) is 2.96. The second kappa shape index (κ2) is 5.80. The third kappa shape index (κ3) is 3.04. The maximum Gasteiger partial charge on any atom is 0.407 e. The molecule has 4 nitrogen and oxygen atoms in total. The molecule has 0 aliphatic heterocycles. The molecule has 4 heteroatoms. The Morgan fingerprint density at radius 1 is 1.43 bits per heavy atom. The zero-order valence-electron chi connectivity index (χ0n) is 12.6. The van der Waals surface area contributed by atoms with Crippen LogP contribution < -0.4 is 5.32 Å². The number of fused-ring (bicyclic) bond motifs is 3. The lowest BCUT2D eigenvalue weighted by atomic mass is 9.92. The number of hydrogen-bond donors (Lipinski definition) is 2. The minimum atomic E-state index is -0.298. The minimum absolute atomic E-state index is 0.158. The quantitative estimate of drug-likeness (QED) is 0.908. The Labute approximate surface area is 124 Å². The lowest BCUT2D eigenvalue weighted by molar-refractivity contribution is 0.128. The van der Waals surface area contributed by atoms with Crippen LogP contribution in [0.25, 0.3) is 10.9 Å². The highest BCUT2D eigenvalue weighted by Gasteiger charge is 2.23. The molecule has 0 saturated carbocycles. The molecule has 1 amide bonds. The van der Waals surface area contributed by atoms with E-state index in [1.54, 1.807) is 0 Å². The van der Waals surface area contributed by atoms with Crippen LogP contribution in [0.15, 0.2) is 24.3 Å². The van der Waals surface area contributed by atoms with E-state index in [9.17, 15) is 4.79 Å². The standard InChI is InChI=1S/C17H22N2O2/c1-11(2)10-21-17(20)18-12-7-8-14-13-5-3-4-6-15(13)19-16(14)9-12/h3-6,11-12,19H,7-10H2,1-2H3,(H,18,20). The number of benzene rings is 1. The first-order valence-electron chi connectivity index (χ1n) is 7.65. The molecule has 0 fully saturated rings. The van der Waals surface area contributed by atoms with Crippen LogP contribution in [0.1, 0.15) is 31.5 Å². The number of carbonyl (C=O) groups is 1. The van der Waals surface area contributed by atoms with Crippen LogP contribution in [-0.2, 0) is 17.6 Å². The second-order valence-corrected chi connectivity index (χ2v) is 6.20. The maximum atomic E-state index is 11.8. The van der Waals surface area contributed by atoms with E-state index in [4.69, 9.17) is 4.74 Å². The molecule has 112 valence electrons.